The van der Waals surface area contributed by atoms with Crippen LogP contribution >= 0.6 is 0 Å². The Morgan fingerprint density at radius 3 is 2.81 bits per heavy atom. The molecule has 0 amide bonds. The number of imidazole rings is 1. The number of H-pyrrole nitrogens is 1. The number of aromatic amines is 1. The van der Waals surface area contributed by atoms with Crippen molar-refractivity contribution in [1.29, 1.82) is 0 Å². The number of Topliss-reactive ketones (excluding diaryl/α,β-unsaturated/α-hetero) is 1. The third-order valence-corrected chi connectivity index (χ3v) is 4.29. The van der Waals surface area contributed by atoms with Crippen LogP contribution in [0.15, 0.2) is 24.3 Å². The predicted octanol–water partition coefficient (Wildman–Crippen LogP) is 1.76. The normalized spacial score (nSPS) is 15.1. The van der Waals surface area contributed by atoms with Gasteiger partial charge in [0.1, 0.15) is 5.60 Å². The van der Waals surface area contributed by atoms with Gasteiger partial charge >= 0.3 is 5.97 Å². The Hall–Kier alpha value is -2.51. The van der Waals surface area contributed by atoms with E-state index in [9.17, 15) is 9.59 Å². The van der Waals surface area contributed by atoms with Crippen molar-refractivity contribution in [2.45, 2.75) is 51.8 Å². The van der Waals surface area contributed by atoms with Crippen LogP contribution in [0.1, 0.15) is 58.7 Å². The molecule has 2 heterocycles. The summed E-state index contributed by atoms with van der Waals surface area (Å²) < 4.78 is 5.39. The highest BCUT2D eigenvalue weighted by molar-refractivity contribution is 5.97. The molecule has 1 aromatic heterocycles. The minimum atomic E-state index is -0.737. The topological polar surface area (TPSA) is 110 Å². The fourth-order valence-electron chi connectivity index (χ4n) is 3.02. The molecule has 1 aromatic carbocycles. The SMILES string of the molecule is CC(C)(C)OC(=O)c1cccc(C[C@H](N)C(=O)c2nc3c([nH]2)CNCC3)c1. The molecule has 1 aliphatic heterocycles. The van der Waals surface area contributed by atoms with Crippen LogP contribution in [0, 0.1) is 0 Å². The molecule has 0 saturated heterocycles. The summed E-state index contributed by atoms with van der Waals surface area (Å²) in [5, 5.41) is 3.24. The summed E-state index contributed by atoms with van der Waals surface area (Å²) in [5.74, 6) is -0.318. The lowest BCUT2D eigenvalue weighted by molar-refractivity contribution is 0.00693. The molecule has 27 heavy (non-hydrogen) atoms. The number of carbonyl (C=O) groups is 2. The molecule has 0 fully saturated rings. The molecule has 1 atom stereocenters. The van der Waals surface area contributed by atoms with E-state index < -0.39 is 17.6 Å². The van der Waals surface area contributed by atoms with E-state index in [4.69, 9.17) is 10.5 Å². The quantitative estimate of drug-likeness (QED) is 0.546. The summed E-state index contributed by atoms with van der Waals surface area (Å²) in [4.78, 5) is 32.3. The van der Waals surface area contributed by atoms with Crippen LogP contribution in [0.5, 0.6) is 0 Å². The predicted molar refractivity (Wildman–Crippen MR) is 102 cm³/mol. The maximum absolute atomic E-state index is 12.6. The standard InChI is InChI=1S/C20H26N4O3/c1-20(2,3)27-19(26)13-6-4-5-12(9-13)10-14(21)17(25)18-23-15-7-8-22-11-16(15)24-18/h4-6,9,14,22H,7-8,10-11,21H2,1-3H3,(H,23,24)/t14-/m0/s1. The Labute approximate surface area is 158 Å². The Morgan fingerprint density at radius 1 is 1.33 bits per heavy atom. The molecule has 7 heteroatoms. The van der Waals surface area contributed by atoms with Crippen molar-refractivity contribution in [2.75, 3.05) is 6.54 Å². The highest BCUT2D eigenvalue weighted by Gasteiger charge is 2.23. The van der Waals surface area contributed by atoms with E-state index in [1.165, 1.54) is 0 Å². The van der Waals surface area contributed by atoms with E-state index in [2.05, 4.69) is 15.3 Å². The number of ketones is 1. The third kappa shape index (κ3) is 4.81. The van der Waals surface area contributed by atoms with Gasteiger partial charge in [-0.1, -0.05) is 12.1 Å². The molecule has 1 aliphatic rings. The summed E-state index contributed by atoms with van der Waals surface area (Å²) in [6, 6.07) is 6.29. The minimum absolute atomic E-state index is 0.230. The van der Waals surface area contributed by atoms with E-state index in [0.29, 0.717) is 24.4 Å². The van der Waals surface area contributed by atoms with Crippen molar-refractivity contribution in [3.05, 3.63) is 52.6 Å². The average molecular weight is 370 g/mol. The van der Waals surface area contributed by atoms with E-state index in [1.807, 2.05) is 26.8 Å². The fraction of sp³-hybridized carbons (Fsp3) is 0.450. The first-order chi connectivity index (χ1) is 12.7. The van der Waals surface area contributed by atoms with Gasteiger partial charge in [0.2, 0.25) is 5.78 Å². The van der Waals surface area contributed by atoms with Gasteiger partial charge in [-0.15, -0.1) is 0 Å². The smallest absolute Gasteiger partial charge is 0.338 e. The van der Waals surface area contributed by atoms with Crippen molar-refractivity contribution in [3.63, 3.8) is 0 Å². The van der Waals surface area contributed by atoms with Crippen LogP contribution < -0.4 is 11.1 Å². The van der Waals surface area contributed by atoms with Crippen molar-refractivity contribution >= 4 is 11.8 Å². The van der Waals surface area contributed by atoms with E-state index in [-0.39, 0.29) is 5.78 Å². The van der Waals surface area contributed by atoms with Gasteiger partial charge in [-0.3, -0.25) is 4.79 Å². The van der Waals surface area contributed by atoms with Gasteiger partial charge in [0, 0.05) is 19.5 Å². The number of hydrogen-bond acceptors (Lipinski definition) is 6. The second kappa shape index (κ2) is 7.62. The highest BCUT2D eigenvalue weighted by Crippen LogP contribution is 2.16. The number of nitrogens with one attached hydrogen (secondary N) is 2. The van der Waals surface area contributed by atoms with E-state index >= 15 is 0 Å². The number of hydrogen-bond donors (Lipinski definition) is 3. The second-order valence-electron chi connectivity index (χ2n) is 7.81. The van der Waals surface area contributed by atoms with Gasteiger partial charge in [-0.05, 0) is 44.9 Å². The van der Waals surface area contributed by atoms with Crippen molar-refractivity contribution in [1.82, 2.24) is 15.3 Å². The van der Waals surface area contributed by atoms with Crippen molar-refractivity contribution in [2.24, 2.45) is 5.73 Å². The van der Waals surface area contributed by atoms with Gasteiger partial charge in [-0.2, -0.15) is 0 Å². The van der Waals surface area contributed by atoms with Crippen LogP contribution in [-0.2, 0) is 24.1 Å². The molecule has 2 aromatic rings. The zero-order valence-corrected chi connectivity index (χ0v) is 16.0. The number of fused-ring (bicyclic) bond motifs is 1. The number of esters is 1. The third-order valence-electron chi connectivity index (χ3n) is 4.29. The van der Waals surface area contributed by atoms with Crippen LogP contribution in [0.2, 0.25) is 0 Å². The van der Waals surface area contributed by atoms with Crippen LogP contribution in [0.4, 0.5) is 0 Å². The number of nitrogens with two attached hydrogens (primary N) is 1. The largest absolute Gasteiger partial charge is 0.456 e. The molecule has 4 N–H and O–H groups in total. The highest BCUT2D eigenvalue weighted by atomic mass is 16.6. The molecule has 3 rings (SSSR count). The first-order valence-corrected chi connectivity index (χ1v) is 9.13. The first kappa shape index (κ1) is 19.3. The zero-order chi connectivity index (χ0) is 19.6. The van der Waals surface area contributed by atoms with Gasteiger partial charge in [0.05, 0.1) is 23.0 Å². The van der Waals surface area contributed by atoms with Crippen molar-refractivity contribution < 1.29 is 14.3 Å². The summed E-state index contributed by atoms with van der Waals surface area (Å²) in [5.41, 5.74) is 8.69. The lowest BCUT2D eigenvalue weighted by atomic mass is 10.0. The molecule has 0 aliphatic carbocycles. The summed E-state index contributed by atoms with van der Waals surface area (Å²) in [7, 11) is 0. The van der Waals surface area contributed by atoms with Crippen LogP contribution in [0.3, 0.4) is 0 Å². The first-order valence-electron chi connectivity index (χ1n) is 9.13. The second-order valence-corrected chi connectivity index (χ2v) is 7.81. The summed E-state index contributed by atoms with van der Waals surface area (Å²) >= 11 is 0. The number of carbonyl (C=O) groups excluding carboxylic acids is 2. The van der Waals surface area contributed by atoms with Crippen molar-refractivity contribution in [3.8, 4) is 0 Å². The average Bonchev–Trinajstić information content (AvgIpc) is 3.04. The molecule has 0 saturated carbocycles. The molecule has 0 unspecified atom stereocenters. The maximum atomic E-state index is 12.6. The number of aromatic nitrogens is 2. The van der Waals surface area contributed by atoms with E-state index in [0.717, 1.165) is 29.9 Å². The molecule has 0 bridgehead atoms. The van der Waals surface area contributed by atoms with Crippen LogP contribution in [0.25, 0.3) is 0 Å². The Balaban J connectivity index is 1.69. The van der Waals surface area contributed by atoms with E-state index in [1.54, 1.807) is 18.2 Å². The number of benzene rings is 1. The number of ether oxygens (including phenoxy) is 1. The minimum Gasteiger partial charge on any atom is -0.456 e. The summed E-state index contributed by atoms with van der Waals surface area (Å²) in [6.07, 6.45) is 1.12. The molecular weight excluding hydrogens is 344 g/mol. The lowest BCUT2D eigenvalue weighted by Crippen LogP contribution is -2.33. The molecule has 0 radical (unpaired) electrons. The molecular formula is C20H26N4O3. The summed E-state index contributed by atoms with van der Waals surface area (Å²) in [6.45, 7) is 7.00. The van der Waals surface area contributed by atoms with Gasteiger partial charge < -0.3 is 20.8 Å². The maximum Gasteiger partial charge on any atom is 0.338 e. The number of nitrogens with zero attached hydrogens (tertiary/aromatic N) is 1. The van der Waals surface area contributed by atoms with Gasteiger partial charge in [0.25, 0.3) is 0 Å². The molecule has 0 spiro atoms. The molecule has 144 valence electrons. The fourth-order valence-corrected chi connectivity index (χ4v) is 3.02. The Bertz CT molecular complexity index is 828. The Kier molecular flexibility index (Phi) is 5.43. The lowest BCUT2D eigenvalue weighted by Gasteiger charge is -2.19. The van der Waals surface area contributed by atoms with Gasteiger partial charge in [-0.25, -0.2) is 9.78 Å². The monoisotopic (exact) mass is 370 g/mol. The zero-order valence-electron chi connectivity index (χ0n) is 16.0. The number of rotatable bonds is 5. The Morgan fingerprint density at radius 2 is 2.11 bits per heavy atom. The van der Waals surface area contributed by atoms with Crippen LogP contribution in [-0.4, -0.2) is 39.9 Å². The van der Waals surface area contributed by atoms with Gasteiger partial charge in [0.15, 0.2) is 5.82 Å². The molecule has 7 nitrogen and oxygen atoms in total.